The standard InChI is InChI=1S/C23H29N5O3/c1-3-5-12-25-22(29)17(14-24)20-21(27-19-11-7-6-10-18(19)26-20)28-13-8-9-16(15-28)23(30)31-4-2/h6-7,10-11,16-17H,3-5,8-9,12-13,15H2,1-2H3,(H,25,29)/t16-,17+/m1/s1. The number of benzene rings is 1. The molecule has 2 heterocycles. The molecule has 2 atom stereocenters. The topological polar surface area (TPSA) is 108 Å². The van der Waals surface area contributed by atoms with Crippen LogP contribution in [0.4, 0.5) is 5.82 Å². The number of fused-ring (bicyclic) bond motifs is 1. The van der Waals surface area contributed by atoms with E-state index in [4.69, 9.17) is 9.72 Å². The van der Waals surface area contributed by atoms with Crippen molar-refractivity contribution in [1.82, 2.24) is 15.3 Å². The average Bonchev–Trinajstić information content (AvgIpc) is 2.79. The van der Waals surface area contributed by atoms with Gasteiger partial charge in [0.25, 0.3) is 0 Å². The van der Waals surface area contributed by atoms with Gasteiger partial charge in [-0.05, 0) is 38.3 Å². The van der Waals surface area contributed by atoms with Crippen LogP contribution in [-0.4, -0.2) is 48.1 Å². The lowest BCUT2D eigenvalue weighted by Crippen LogP contribution is -2.41. The van der Waals surface area contributed by atoms with Gasteiger partial charge >= 0.3 is 5.97 Å². The van der Waals surface area contributed by atoms with Gasteiger partial charge in [0.05, 0.1) is 29.6 Å². The van der Waals surface area contributed by atoms with Gasteiger partial charge in [-0.3, -0.25) is 9.59 Å². The third-order valence-corrected chi connectivity index (χ3v) is 5.41. The minimum absolute atomic E-state index is 0.225. The Hall–Kier alpha value is -3.21. The molecule has 1 aromatic carbocycles. The molecule has 1 fully saturated rings. The number of hydrogen-bond donors (Lipinski definition) is 1. The first-order valence-electron chi connectivity index (χ1n) is 10.9. The maximum Gasteiger partial charge on any atom is 0.310 e. The van der Waals surface area contributed by atoms with Crippen molar-refractivity contribution in [3.8, 4) is 6.07 Å². The van der Waals surface area contributed by atoms with Gasteiger partial charge < -0.3 is 15.0 Å². The summed E-state index contributed by atoms with van der Waals surface area (Å²) in [7, 11) is 0. The molecule has 8 heteroatoms. The van der Waals surface area contributed by atoms with Crippen molar-refractivity contribution >= 4 is 28.7 Å². The highest BCUT2D eigenvalue weighted by Crippen LogP contribution is 2.30. The number of para-hydroxylation sites is 2. The smallest absolute Gasteiger partial charge is 0.310 e. The lowest BCUT2D eigenvalue weighted by atomic mass is 9.97. The van der Waals surface area contributed by atoms with Crippen LogP contribution in [0.2, 0.25) is 0 Å². The number of aromatic nitrogens is 2. The molecule has 1 N–H and O–H groups in total. The zero-order valence-electron chi connectivity index (χ0n) is 18.1. The molecule has 2 aromatic rings. The van der Waals surface area contributed by atoms with E-state index in [0.717, 1.165) is 25.7 Å². The number of hydrogen-bond acceptors (Lipinski definition) is 7. The molecule has 0 spiro atoms. The summed E-state index contributed by atoms with van der Waals surface area (Å²) in [5, 5.41) is 12.7. The Morgan fingerprint density at radius 2 is 2.03 bits per heavy atom. The molecule has 3 rings (SSSR count). The van der Waals surface area contributed by atoms with Gasteiger partial charge in [-0.2, -0.15) is 5.26 Å². The van der Waals surface area contributed by atoms with Gasteiger partial charge in [0.15, 0.2) is 11.7 Å². The third-order valence-electron chi connectivity index (χ3n) is 5.41. The van der Waals surface area contributed by atoms with Gasteiger partial charge in [-0.1, -0.05) is 25.5 Å². The number of ether oxygens (including phenoxy) is 1. The van der Waals surface area contributed by atoms with E-state index < -0.39 is 5.92 Å². The second-order valence-electron chi connectivity index (χ2n) is 7.67. The van der Waals surface area contributed by atoms with E-state index >= 15 is 0 Å². The molecule has 0 unspecified atom stereocenters. The molecule has 1 amide bonds. The molecule has 0 saturated carbocycles. The van der Waals surface area contributed by atoms with Crippen LogP contribution in [0, 0.1) is 17.2 Å². The van der Waals surface area contributed by atoms with E-state index in [-0.39, 0.29) is 17.8 Å². The number of unbranched alkanes of at least 4 members (excludes halogenated alkanes) is 1. The number of rotatable bonds is 8. The predicted octanol–water partition coefficient (Wildman–Crippen LogP) is 2.93. The first kappa shape index (κ1) is 22.5. The van der Waals surface area contributed by atoms with Crippen molar-refractivity contribution < 1.29 is 14.3 Å². The van der Waals surface area contributed by atoms with Crippen molar-refractivity contribution in [3.63, 3.8) is 0 Å². The fraction of sp³-hybridized carbons (Fsp3) is 0.522. The van der Waals surface area contributed by atoms with Gasteiger partial charge in [-0.15, -0.1) is 0 Å². The lowest BCUT2D eigenvalue weighted by molar-refractivity contribution is -0.148. The van der Waals surface area contributed by atoms with E-state index in [2.05, 4.69) is 16.4 Å². The Balaban J connectivity index is 1.98. The first-order chi connectivity index (χ1) is 15.1. The second-order valence-corrected chi connectivity index (χ2v) is 7.67. The molecule has 0 bridgehead atoms. The van der Waals surface area contributed by atoms with E-state index in [1.165, 1.54) is 0 Å². The van der Waals surface area contributed by atoms with Crippen LogP contribution < -0.4 is 10.2 Å². The molecule has 0 aliphatic carbocycles. The van der Waals surface area contributed by atoms with Crippen LogP contribution in [0.15, 0.2) is 24.3 Å². The largest absolute Gasteiger partial charge is 0.466 e. The van der Waals surface area contributed by atoms with Gasteiger partial charge in [0, 0.05) is 19.6 Å². The lowest BCUT2D eigenvalue weighted by Gasteiger charge is -2.33. The monoisotopic (exact) mass is 423 g/mol. The van der Waals surface area contributed by atoms with E-state index in [1.807, 2.05) is 36.1 Å². The highest BCUT2D eigenvalue weighted by atomic mass is 16.5. The van der Waals surface area contributed by atoms with Crippen molar-refractivity contribution in [1.29, 1.82) is 5.26 Å². The van der Waals surface area contributed by atoms with Crippen LogP contribution in [0.5, 0.6) is 0 Å². The number of amides is 1. The maximum absolute atomic E-state index is 12.8. The van der Waals surface area contributed by atoms with E-state index in [9.17, 15) is 14.9 Å². The minimum Gasteiger partial charge on any atom is -0.466 e. The molecule has 31 heavy (non-hydrogen) atoms. The SMILES string of the molecule is CCCCNC(=O)[C@@H](C#N)c1nc2ccccc2nc1N1CCC[C@@H](C(=O)OCC)C1. The molecular formula is C23H29N5O3. The van der Waals surface area contributed by atoms with Gasteiger partial charge in [0.1, 0.15) is 5.69 Å². The number of piperidine rings is 1. The van der Waals surface area contributed by atoms with Crippen LogP contribution in [0.1, 0.15) is 51.1 Å². The number of carbonyl (C=O) groups is 2. The molecular weight excluding hydrogens is 394 g/mol. The van der Waals surface area contributed by atoms with Crippen molar-refractivity contribution in [2.45, 2.75) is 45.4 Å². The summed E-state index contributed by atoms with van der Waals surface area (Å²) in [6.45, 7) is 5.78. The summed E-state index contributed by atoms with van der Waals surface area (Å²) in [5.41, 5.74) is 1.64. The van der Waals surface area contributed by atoms with Crippen LogP contribution in [-0.2, 0) is 14.3 Å². The summed E-state index contributed by atoms with van der Waals surface area (Å²) in [5.74, 6) is -1.46. The maximum atomic E-state index is 12.8. The molecule has 8 nitrogen and oxygen atoms in total. The van der Waals surface area contributed by atoms with Gasteiger partial charge in [0.2, 0.25) is 5.91 Å². The normalized spacial score (nSPS) is 17.1. The third kappa shape index (κ3) is 5.29. The number of carbonyl (C=O) groups excluding carboxylic acids is 2. The fourth-order valence-corrected chi connectivity index (χ4v) is 3.79. The Morgan fingerprint density at radius 1 is 1.29 bits per heavy atom. The second kappa shape index (κ2) is 10.7. The molecule has 1 aromatic heterocycles. The van der Waals surface area contributed by atoms with Gasteiger partial charge in [-0.25, -0.2) is 9.97 Å². The minimum atomic E-state index is -1.08. The fourth-order valence-electron chi connectivity index (χ4n) is 3.79. The summed E-state index contributed by atoms with van der Waals surface area (Å²) in [6.07, 6.45) is 3.32. The molecule has 1 aliphatic rings. The highest BCUT2D eigenvalue weighted by molar-refractivity contribution is 5.89. The van der Waals surface area contributed by atoms with E-state index in [0.29, 0.717) is 48.8 Å². The molecule has 1 aliphatic heterocycles. The Kier molecular flexibility index (Phi) is 7.76. The average molecular weight is 424 g/mol. The number of nitrogens with zero attached hydrogens (tertiary/aromatic N) is 4. The quantitative estimate of drug-likeness (QED) is 0.514. The number of esters is 1. The predicted molar refractivity (Wildman–Crippen MR) is 117 cm³/mol. The zero-order chi connectivity index (χ0) is 22.2. The molecule has 1 saturated heterocycles. The van der Waals surface area contributed by atoms with Crippen molar-refractivity contribution in [2.75, 3.05) is 31.1 Å². The summed E-state index contributed by atoms with van der Waals surface area (Å²) >= 11 is 0. The Labute approximate surface area is 182 Å². The highest BCUT2D eigenvalue weighted by Gasteiger charge is 2.33. The van der Waals surface area contributed by atoms with Crippen LogP contribution in [0.3, 0.4) is 0 Å². The summed E-state index contributed by atoms with van der Waals surface area (Å²) in [4.78, 5) is 36.5. The van der Waals surface area contributed by atoms with Crippen molar-refractivity contribution in [2.24, 2.45) is 5.92 Å². The summed E-state index contributed by atoms with van der Waals surface area (Å²) < 4.78 is 5.21. The Bertz CT molecular complexity index is 971. The van der Waals surface area contributed by atoms with Crippen LogP contribution >= 0.6 is 0 Å². The summed E-state index contributed by atoms with van der Waals surface area (Å²) in [6, 6.07) is 9.50. The Morgan fingerprint density at radius 3 is 2.71 bits per heavy atom. The van der Waals surface area contributed by atoms with E-state index in [1.54, 1.807) is 6.92 Å². The zero-order valence-corrected chi connectivity index (χ0v) is 18.1. The molecule has 0 radical (unpaired) electrons. The first-order valence-corrected chi connectivity index (χ1v) is 10.9. The van der Waals surface area contributed by atoms with Crippen molar-refractivity contribution in [3.05, 3.63) is 30.0 Å². The number of nitriles is 1. The number of anilines is 1. The molecule has 164 valence electrons. The van der Waals surface area contributed by atoms with Crippen LogP contribution in [0.25, 0.3) is 11.0 Å². The number of nitrogens with one attached hydrogen (secondary N) is 1.